The Hall–Kier alpha value is -2.37. The summed E-state index contributed by atoms with van der Waals surface area (Å²) >= 11 is 0. The number of carbonyl (C=O) groups excluding carboxylic acids is 1. The maximum atomic E-state index is 12.3. The van der Waals surface area contributed by atoms with Crippen molar-refractivity contribution in [2.75, 3.05) is 46.3 Å². The molecule has 2 aromatic carbocycles. The number of piperazine rings is 1. The Morgan fingerprint density at radius 1 is 1.00 bits per heavy atom. The fraction of sp³-hybridized carbons (Fsp3) is 0.409. The second-order valence-electron chi connectivity index (χ2n) is 7.05. The number of nitrogens with one attached hydrogen (secondary N) is 1. The lowest BCUT2D eigenvalue weighted by molar-refractivity contribution is 0.0949. The van der Waals surface area contributed by atoms with Gasteiger partial charge in [0.25, 0.3) is 5.91 Å². The van der Waals surface area contributed by atoms with Crippen LogP contribution in [0.15, 0.2) is 54.6 Å². The van der Waals surface area contributed by atoms with Gasteiger partial charge in [0, 0.05) is 38.3 Å². The predicted molar refractivity (Wildman–Crippen MR) is 108 cm³/mol. The molecule has 1 N–H and O–H groups in total. The summed E-state index contributed by atoms with van der Waals surface area (Å²) in [6.07, 6.45) is 0.985. The van der Waals surface area contributed by atoms with Crippen LogP contribution in [0.1, 0.15) is 22.3 Å². The summed E-state index contributed by atoms with van der Waals surface area (Å²) in [4.78, 5) is 17.1. The summed E-state index contributed by atoms with van der Waals surface area (Å²) in [5.74, 6) is 0.837. The Kier molecular flexibility index (Phi) is 7.25. The normalized spacial score (nSPS) is 15.4. The average Bonchev–Trinajstić information content (AvgIpc) is 2.72. The molecule has 1 aliphatic rings. The molecule has 0 spiro atoms. The van der Waals surface area contributed by atoms with Crippen molar-refractivity contribution in [2.45, 2.75) is 13.0 Å². The van der Waals surface area contributed by atoms with Crippen LogP contribution in [-0.4, -0.2) is 62.0 Å². The number of ether oxygens (including phenoxy) is 1. The fourth-order valence-corrected chi connectivity index (χ4v) is 3.11. The molecule has 1 heterocycles. The molecule has 5 heteroatoms. The van der Waals surface area contributed by atoms with E-state index in [1.807, 2.05) is 54.6 Å². The molecule has 2 aromatic rings. The highest BCUT2D eigenvalue weighted by Gasteiger charge is 2.13. The van der Waals surface area contributed by atoms with Gasteiger partial charge in [0.05, 0.1) is 0 Å². The molecule has 0 saturated carbocycles. The van der Waals surface area contributed by atoms with Crippen LogP contribution in [0.25, 0.3) is 0 Å². The summed E-state index contributed by atoms with van der Waals surface area (Å²) in [7, 11) is 2.16. The van der Waals surface area contributed by atoms with Crippen molar-refractivity contribution < 1.29 is 9.53 Å². The molecule has 1 fully saturated rings. The topological polar surface area (TPSA) is 44.8 Å². The van der Waals surface area contributed by atoms with E-state index in [1.165, 1.54) is 0 Å². The van der Waals surface area contributed by atoms with E-state index in [-0.39, 0.29) is 5.91 Å². The van der Waals surface area contributed by atoms with E-state index in [9.17, 15) is 4.79 Å². The minimum absolute atomic E-state index is 0.0103. The summed E-state index contributed by atoms with van der Waals surface area (Å²) in [6, 6.07) is 17.3. The molecule has 0 aliphatic carbocycles. The molecular formula is C22H29N3O2. The molecule has 0 radical (unpaired) electrons. The van der Waals surface area contributed by atoms with Crippen LogP contribution in [-0.2, 0) is 6.61 Å². The van der Waals surface area contributed by atoms with E-state index in [4.69, 9.17) is 4.74 Å². The van der Waals surface area contributed by atoms with Crippen LogP contribution in [0, 0.1) is 0 Å². The zero-order chi connectivity index (χ0) is 18.9. The molecule has 3 rings (SSSR count). The molecule has 144 valence electrons. The highest BCUT2D eigenvalue weighted by atomic mass is 16.5. The first-order chi connectivity index (χ1) is 13.2. The fourth-order valence-electron chi connectivity index (χ4n) is 3.11. The molecule has 0 aromatic heterocycles. The summed E-state index contributed by atoms with van der Waals surface area (Å²) < 4.78 is 5.73. The number of para-hydroxylation sites is 1. The van der Waals surface area contributed by atoms with E-state index in [0.717, 1.165) is 50.5 Å². The monoisotopic (exact) mass is 367 g/mol. The second-order valence-corrected chi connectivity index (χ2v) is 7.05. The van der Waals surface area contributed by atoms with Gasteiger partial charge < -0.3 is 19.9 Å². The lowest BCUT2D eigenvalue weighted by Crippen LogP contribution is -2.45. The molecule has 0 bridgehead atoms. The Bertz CT molecular complexity index is 695. The Morgan fingerprint density at radius 2 is 1.70 bits per heavy atom. The Labute approximate surface area is 161 Å². The van der Waals surface area contributed by atoms with E-state index in [1.54, 1.807) is 0 Å². The Balaban J connectivity index is 1.36. The zero-order valence-electron chi connectivity index (χ0n) is 16.1. The third-order valence-corrected chi connectivity index (χ3v) is 4.90. The number of rotatable bonds is 8. The smallest absolute Gasteiger partial charge is 0.251 e. The number of benzene rings is 2. The van der Waals surface area contributed by atoms with Crippen LogP contribution in [0.2, 0.25) is 0 Å². The van der Waals surface area contributed by atoms with Crippen LogP contribution in [0.5, 0.6) is 5.75 Å². The summed E-state index contributed by atoms with van der Waals surface area (Å²) in [5, 5.41) is 3.02. The van der Waals surface area contributed by atoms with Crippen molar-refractivity contribution in [3.05, 3.63) is 65.7 Å². The van der Waals surface area contributed by atoms with Gasteiger partial charge in [-0.05, 0) is 49.8 Å². The third kappa shape index (κ3) is 6.38. The van der Waals surface area contributed by atoms with Crippen molar-refractivity contribution in [1.29, 1.82) is 0 Å². The van der Waals surface area contributed by atoms with Gasteiger partial charge in [0.1, 0.15) is 12.4 Å². The van der Waals surface area contributed by atoms with E-state index in [2.05, 4.69) is 22.2 Å². The quantitative estimate of drug-likeness (QED) is 0.729. The molecule has 27 heavy (non-hydrogen) atoms. The standard InChI is InChI=1S/C22H29N3O2/c1-24-14-16-25(17-15-24)13-5-12-23-22(26)20-10-8-19(9-11-20)18-27-21-6-3-2-4-7-21/h2-4,6-11H,5,12-18H2,1H3,(H,23,26). The molecule has 0 unspecified atom stereocenters. The van der Waals surface area contributed by atoms with Gasteiger partial charge in [-0.2, -0.15) is 0 Å². The molecular weight excluding hydrogens is 338 g/mol. The van der Waals surface area contributed by atoms with Crippen LogP contribution < -0.4 is 10.1 Å². The largest absolute Gasteiger partial charge is 0.489 e. The first-order valence-corrected chi connectivity index (χ1v) is 9.66. The number of hydrogen-bond acceptors (Lipinski definition) is 4. The highest BCUT2D eigenvalue weighted by Crippen LogP contribution is 2.12. The second kappa shape index (κ2) is 10.1. The van der Waals surface area contributed by atoms with E-state index < -0.39 is 0 Å². The number of carbonyl (C=O) groups is 1. The van der Waals surface area contributed by atoms with Gasteiger partial charge >= 0.3 is 0 Å². The van der Waals surface area contributed by atoms with Crippen molar-refractivity contribution in [3.63, 3.8) is 0 Å². The van der Waals surface area contributed by atoms with Crippen LogP contribution >= 0.6 is 0 Å². The number of likely N-dealkylation sites (N-methyl/N-ethyl adjacent to an activating group) is 1. The zero-order valence-corrected chi connectivity index (χ0v) is 16.1. The lowest BCUT2D eigenvalue weighted by Gasteiger charge is -2.32. The minimum atomic E-state index is -0.0103. The number of amides is 1. The number of nitrogens with zero attached hydrogens (tertiary/aromatic N) is 2. The van der Waals surface area contributed by atoms with Gasteiger partial charge in [-0.1, -0.05) is 30.3 Å². The minimum Gasteiger partial charge on any atom is -0.489 e. The molecule has 5 nitrogen and oxygen atoms in total. The van der Waals surface area contributed by atoms with Crippen molar-refractivity contribution in [2.24, 2.45) is 0 Å². The van der Waals surface area contributed by atoms with E-state index in [0.29, 0.717) is 18.7 Å². The van der Waals surface area contributed by atoms with Gasteiger partial charge in [-0.15, -0.1) is 0 Å². The third-order valence-electron chi connectivity index (χ3n) is 4.90. The predicted octanol–water partition coefficient (Wildman–Crippen LogP) is 2.63. The summed E-state index contributed by atoms with van der Waals surface area (Å²) in [5.41, 5.74) is 1.74. The van der Waals surface area contributed by atoms with Gasteiger partial charge in [-0.25, -0.2) is 0 Å². The average molecular weight is 367 g/mol. The first kappa shape index (κ1) is 19.4. The summed E-state index contributed by atoms with van der Waals surface area (Å²) in [6.45, 7) is 6.76. The van der Waals surface area contributed by atoms with E-state index >= 15 is 0 Å². The van der Waals surface area contributed by atoms with Gasteiger partial charge in [0.15, 0.2) is 0 Å². The Morgan fingerprint density at radius 3 is 2.41 bits per heavy atom. The highest BCUT2D eigenvalue weighted by molar-refractivity contribution is 5.94. The SMILES string of the molecule is CN1CCN(CCCNC(=O)c2ccc(COc3ccccc3)cc2)CC1. The maximum absolute atomic E-state index is 12.3. The molecule has 1 saturated heterocycles. The van der Waals surface area contributed by atoms with Crippen LogP contribution in [0.4, 0.5) is 0 Å². The van der Waals surface area contributed by atoms with Crippen LogP contribution in [0.3, 0.4) is 0 Å². The first-order valence-electron chi connectivity index (χ1n) is 9.66. The van der Waals surface area contributed by atoms with Crippen molar-refractivity contribution >= 4 is 5.91 Å². The molecule has 1 aliphatic heterocycles. The molecule has 0 atom stereocenters. The van der Waals surface area contributed by atoms with Crippen molar-refractivity contribution in [3.8, 4) is 5.75 Å². The number of hydrogen-bond donors (Lipinski definition) is 1. The molecule has 1 amide bonds. The lowest BCUT2D eigenvalue weighted by atomic mass is 10.1. The van der Waals surface area contributed by atoms with Gasteiger partial charge in [0.2, 0.25) is 0 Å². The maximum Gasteiger partial charge on any atom is 0.251 e. The van der Waals surface area contributed by atoms with Crippen molar-refractivity contribution in [1.82, 2.24) is 15.1 Å². The van der Waals surface area contributed by atoms with Gasteiger partial charge in [-0.3, -0.25) is 4.79 Å².